The third kappa shape index (κ3) is 2.85. The van der Waals surface area contributed by atoms with Crippen molar-refractivity contribution in [2.24, 2.45) is 11.8 Å². The molecule has 104 valence electrons. The fraction of sp³-hybridized carbons (Fsp3) is 0.647. The maximum absolute atomic E-state index is 9.48. The molecule has 3 atom stereocenters. The van der Waals surface area contributed by atoms with Crippen molar-refractivity contribution >= 4 is 0 Å². The van der Waals surface area contributed by atoms with Crippen molar-refractivity contribution in [1.29, 1.82) is 0 Å². The molecular formula is C17H25NO. The Balaban J connectivity index is 1.58. The third-order valence-corrected chi connectivity index (χ3v) is 5.06. The van der Waals surface area contributed by atoms with Crippen LogP contribution in [0.2, 0.25) is 0 Å². The Bertz CT molecular complexity index is 417. The molecule has 0 heterocycles. The number of aryl methyl sites for hydroxylation is 1. The number of hydrogen-bond donors (Lipinski definition) is 2. The van der Waals surface area contributed by atoms with E-state index in [1.807, 2.05) is 0 Å². The monoisotopic (exact) mass is 259 g/mol. The van der Waals surface area contributed by atoms with Gasteiger partial charge in [-0.2, -0.15) is 0 Å². The summed E-state index contributed by atoms with van der Waals surface area (Å²) in [5.74, 6) is 1.20. The first kappa shape index (κ1) is 13.1. The zero-order valence-electron chi connectivity index (χ0n) is 11.6. The fourth-order valence-electron chi connectivity index (χ4n) is 3.86. The first-order valence-electron chi connectivity index (χ1n) is 7.80. The molecule has 0 amide bonds. The van der Waals surface area contributed by atoms with E-state index >= 15 is 0 Å². The molecule has 2 heteroatoms. The molecule has 0 spiro atoms. The van der Waals surface area contributed by atoms with Crippen molar-refractivity contribution in [3.8, 4) is 0 Å². The maximum Gasteiger partial charge on any atom is 0.0462 e. The van der Waals surface area contributed by atoms with Crippen LogP contribution in [0.25, 0.3) is 0 Å². The molecule has 2 N–H and O–H groups in total. The summed E-state index contributed by atoms with van der Waals surface area (Å²) < 4.78 is 0. The average molecular weight is 259 g/mol. The minimum absolute atomic E-state index is 0.369. The molecule has 3 rings (SSSR count). The highest BCUT2D eigenvalue weighted by molar-refractivity contribution is 5.34. The molecule has 1 fully saturated rings. The van der Waals surface area contributed by atoms with Crippen molar-refractivity contribution in [1.82, 2.24) is 5.32 Å². The summed E-state index contributed by atoms with van der Waals surface area (Å²) in [6.45, 7) is 1.44. The molecule has 2 aliphatic carbocycles. The summed E-state index contributed by atoms with van der Waals surface area (Å²) in [4.78, 5) is 0. The standard InChI is InChI=1S/C17H25NO/c19-12-15-7-2-1-6-14(15)11-18-17-10-9-13-5-3-4-8-16(13)17/h3-5,8,14-15,17-19H,1-2,6-7,9-12H2. The number of aliphatic hydroxyl groups is 1. The van der Waals surface area contributed by atoms with Gasteiger partial charge in [0, 0.05) is 12.6 Å². The van der Waals surface area contributed by atoms with E-state index in [1.165, 1.54) is 49.7 Å². The van der Waals surface area contributed by atoms with Gasteiger partial charge in [-0.25, -0.2) is 0 Å². The highest BCUT2D eigenvalue weighted by Crippen LogP contribution is 2.33. The van der Waals surface area contributed by atoms with E-state index in [9.17, 15) is 5.11 Å². The van der Waals surface area contributed by atoms with Crippen LogP contribution in [0.4, 0.5) is 0 Å². The van der Waals surface area contributed by atoms with Crippen LogP contribution in [0, 0.1) is 11.8 Å². The Morgan fingerprint density at radius 1 is 1.05 bits per heavy atom. The molecular weight excluding hydrogens is 234 g/mol. The van der Waals surface area contributed by atoms with Gasteiger partial charge in [0.25, 0.3) is 0 Å². The largest absolute Gasteiger partial charge is 0.396 e. The Labute approximate surface area is 116 Å². The van der Waals surface area contributed by atoms with Crippen LogP contribution in [0.3, 0.4) is 0 Å². The SMILES string of the molecule is OCC1CCCCC1CNC1CCc2ccccc21. The van der Waals surface area contributed by atoms with Crippen molar-refractivity contribution < 1.29 is 5.11 Å². The lowest BCUT2D eigenvalue weighted by Gasteiger charge is -2.31. The second kappa shape index (κ2) is 6.06. The molecule has 0 bridgehead atoms. The van der Waals surface area contributed by atoms with E-state index in [0.29, 0.717) is 24.5 Å². The summed E-state index contributed by atoms with van der Waals surface area (Å²) in [6.07, 6.45) is 7.58. The van der Waals surface area contributed by atoms with Crippen LogP contribution in [-0.4, -0.2) is 18.3 Å². The molecule has 2 nitrogen and oxygen atoms in total. The average Bonchev–Trinajstić information content (AvgIpc) is 2.89. The Hall–Kier alpha value is -0.860. The smallest absolute Gasteiger partial charge is 0.0462 e. The number of hydrogen-bond acceptors (Lipinski definition) is 2. The molecule has 0 saturated heterocycles. The second-order valence-corrected chi connectivity index (χ2v) is 6.19. The van der Waals surface area contributed by atoms with Gasteiger partial charge in [0.15, 0.2) is 0 Å². The number of fused-ring (bicyclic) bond motifs is 1. The molecule has 0 radical (unpaired) electrons. The summed E-state index contributed by atoms with van der Waals surface area (Å²) >= 11 is 0. The van der Waals surface area contributed by atoms with Crippen molar-refractivity contribution in [3.05, 3.63) is 35.4 Å². The second-order valence-electron chi connectivity index (χ2n) is 6.19. The summed E-state index contributed by atoms with van der Waals surface area (Å²) in [5, 5.41) is 13.2. The number of aliphatic hydroxyl groups excluding tert-OH is 1. The number of benzene rings is 1. The number of rotatable bonds is 4. The van der Waals surface area contributed by atoms with Gasteiger partial charge in [-0.3, -0.25) is 0 Å². The van der Waals surface area contributed by atoms with E-state index in [2.05, 4.69) is 29.6 Å². The quantitative estimate of drug-likeness (QED) is 0.871. The molecule has 1 saturated carbocycles. The normalized spacial score (nSPS) is 30.3. The van der Waals surface area contributed by atoms with Gasteiger partial charge >= 0.3 is 0 Å². The van der Waals surface area contributed by atoms with Crippen LogP contribution in [-0.2, 0) is 6.42 Å². The summed E-state index contributed by atoms with van der Waals surface area (Å²) in [7, 11) is 0. The van der Waals surface area contributed by atoms with Gasteiger partial charge in [-0.15, -0.1) is 0 Å². The van der Waals surface area contributed by atoms with Crippen LogP contribution in [0.15, 0.2) is 24.3 Å². The predicted molar refractivity (Wildman–Crippen MR) is 78.0 cm³/mol. The summed E-state index contributed by atoms with van der Waals surface area (Å²) in [5.41, 5.74) is 3.02. The van der Waals surface area contributed by atoms with Crippen molar-refractivity contribution in [2.45, 2.75) is 44.6 Å². The summed E-state index contributed by atoms with van der Waals surface area (Å²) in [6, 6.07) is 9.36. The highest BCUT2D eigenvalue weighted by atomic mass is 16.3. The van der Waals surface area contributed by atoms with E-state index in [-0.39, 0.29) is 0 Å². The molecule has 2 aliphatic rings. The van der Waals surface area contributed by atoms with E-state index in [0.717, 1.165) is 6.54 Å². The van der Waals surface area contributed by atoms with Gasteiger partial charge in [0.05, 0.1) is 0 Å². The van der Waals surface area contributed by atoms with Crippen LogP contribution in [0.5, 0.6) is 0 Å². The van der Waals surface area contributed by atoms with E-state index < -0.39 is 0 Å². The maximum atomic E-state index is 9.48. The molecule has 0 aliphatic heterocycles. The fourth-order valence-corrected chi connectivity index (χ4v) is 3.86. The highest BCUT2D eigenvalue weighted by Gasteiger charge is 2.27. The molecule has 19 heavy (non-hydrogen) atoms. The zero-order chi connectivity index (χ0) is 13.1. The first-order chi connectivity index (χ1) is 9.38. The predicted octanol–water partition coefficient (Wildman–Crippen LogP) is 3.06. The third-order valence-electron chi connectivity index (χ3n) is 5.06. The van der Waals surface area contributed by atoms with Gasteiger partial charge < -0.3 is 10.4 Å². The van der Waals surface area contributed by atoms with Crippen LogP contribution < -0.4 is 5.32 Å². The Morgan fingerprint density at radius 2 is 1.84 bits per heavy atom. The lowest BCUT2D eigenvalue weighted by Crippen LogP contribution is -2.33. The topological polar surface area (TPSA) is 32.3 Å². The molecule has 1 aromatic rings. The molecule has 1 aromatic carbocycles. The molecule has 0 aromatic heterocycles. The Morgan fingerprint density at radius 3 is 2.68 bits per heavy atom. The molecule has 3 unspecified atom stereocenters. The Kier molecular flexibility index (Phi) is 4.19. The van der Waals surface area contributed by atoms with Gasteiger partial charge in [0.2, 0.25) is 0 Å². The van der Waals surface area contributed by atoms with Gasteiger partial charge in [-0.1, -0.05) is 37.1 Å². The van der Waals surface area contributed by atoms with Gasteiger partial charge in [0.1, 0.15) is 0 Å². The first-order valence-corrected chi connectivity index (χ1v) is 7.80. The van der Waals surface area contributed by atoms with Crippen molar-refractivity contribution in [2.75, 3.05) is 13.2 Å². The zero-order valence-corrected chi connectivity index (χ0v) is 11.6. The minimum Gasteiger partial charge on any atom is -0.396 e. The minimum atomic E-state index is 0.369. The van der Waals surface area contributed by atoms with Crippen LogP contribution >= 0.6 is 0 Å². The number of nitrogens with one attached hydrogen (secondary N) is 1. The van der Waals surface area contributed by atoms with Crippen molar-refractivity contribution in [3.63, 3.8) is 0 Å². The van der Waals surface area contributed by atoms with Crippen LogP contribution in [0.1, 0.15) is 49.3 Å². The van der Waals surface area contributed by atoms with E-state index in [1.54, 1.807) is 0 Å². The lowest BCUT2D eigenvalue weighted by molar-refractivity contribution is 0.131. The van der Waals surface area contributed by atoms with E-state index in [4.69, 9.17) is 0 Å². The van der Waals surface area contributed by atoms with Gasteiger partial charge in [-0.05, 0) is 55.2 Å². The lowest BCUT2D eigenvalue weighted by atomic mass is 9.79.